The van der Waals surface area contributed by atoms with E-state index < -0.39 is 0 Å². The second-order valence-electron chi connectivity index (χ2n) is 6.48. The lowest BCUT2D eigenvalue weighted by atomic mass is 9.85. The third-order valence-electron chi connectivity index (χ3n) is 3.57. The summed E-state index contributed by atoms with van der Waals surface area (Å²) < 4.78 is 0. The fraction of sp³-hybridized carbons (Fsp3) is 0.588. The highest BCUT2D eigenvalue weighted by atomic mass is 16.2. The number of nitrogens with two attached hydrogens (primary N) is 1. The van der Waals surface area contributed by atoms with Crippen LogP contribution in [-0.2, 0) is 11.3 Å². The molecule has 3 nitrogen and oxygen atoms in total. The van der Waals surface area contributed by atoms with Gasteiger partial charge in [0.25, 0.3) is 0 Å². The number of hydrogen-bond acceptors (Lipinski definition) is 2. The second-order valence-corrected chi connectivity index (χ2v) is 6.48. The molecule has 1 atom stereocenters. The lowest BCUT2D eigenvalue weighted by molar-refractivity contribution is -0.132. The quantitative estimate of drug-likeness (QED) is 0.867. The van der Waals surface area contributed by atoms with Crippen molar-refractivity contribution < 1.29 is 4.79 Å². The van der Waals surface area contributed by atoms with Crippen molar-refractivity contribution in [2.24, 2.45) is 11.1 Å². The average Bonchev–Trinajstić information content (AvgIpc) is 2.38. The monoisotopic (exact) mass is 276 g/mol. The zero-order valence-electron chi connectivity index (χ0n) is 13.2. The number of carbonyl (C=O) groups is 1. The van der Waals surface area contributed by atoms with E-state index in [4.69, 9.17) is 5.73 Å². The van der Waals surface area contributed by atoms with Gasteiger partial charge in [-0.15, -0.1) is 0 Å². The molecule has 0 aliphatic heterocycles. The van der Waals surface area contributed by atoms with Crippen LogP contribution in [0.1, 0.15) is 46.1 Å². The predicted octanol–water partition coefficient (Wildman–Crippen LogP) is 3.19. The van der Waals surface area contributed by atoms with Crippen molar-refractivity contribution in [3.8, 4) is 0 Å². The van der Waals surface area contributed by atoms with Crippen molar-refractivity contribution >= 4 is 5.91 Å². The lowest BCUT2D eigenvalue weighted by Gasteiger charge is -2.30. The highest BCUT2D eigenvalue weighted by molar-refractivity contribution is 5.77. The topological polar surface area (TPSA) is 46.3 Å². The Bertz CT molecular complexity index is 409. The summed E-state index contributed by atoms with van der Waals surface area (Å²) >= 11 is 0. The maximum absolute atomic E-state index is 12.4. The molecule has 0 saturated carbocycles. The summed E-state index contributed by atoms with van der Waals surface area (Å²) in [6, 6.07) is 10.0. The Hall–Kier alpha value is -1.35. The smallest absolute Gasteiger partial charge is 0.224 e. The molecular formula is C17H28N2O. The fourth-order valence-corrected chi connectivity index (χ4v) is 1.99. The van der Waals surface area contributed by atoms with E-state index in [1.807, 2.05) is 23.1 Å². The molecule has 0 radical (unpaired) electrons. The first kappa shape index (κ1) is 16.7. The van der Waals surface area contributed by atoms with Crippen molar-refractivity contribution in [2.45, 2.75) is 53.1 Å². The molecule has 1 aromatic rings. The number of carbonyl (C=O) groups excluding carboxylic acids is 1. The fourth-order valence-electron chi connectivity index (χ4n) is 1.99. The molecule has 0 fully saturated rings. The number of hydrogen-bond donors (Lipinski definition) is 1. The van der Waals surface area contributed by atoms with Gasteiger partial charge in [0.05, 0.1) is 0 Å². The van der Waals surface area contributed by atoms with Gasteiger partial charge in [-0.3, -0.25) is 4.79 Å². The average molecular weight is 276 g/mol. The van der Waals surface area contributed by atoms with Crippen LogP contribution in [-0.4, -0.2) is 23.4 Å². The minimum absolute atomic E-state index is 0.0414. The molecule has 20 heavy (non-hydrogen) atoms. The van der Waals surface area contributed by atoms with Gasteiger partial charge in [-0.2, -0.15) is 0 Å². The molecule has 112 valence electrons. The Morgan fingerprint density at radius 3 is 2.35 bits per heavy atom. The van der Waals surface area contributed by atoms with Gasteiger partial charge in [-0.1, -0.05) is 58.0 Å². The Balaban J connectivity index is 2.68. The SMILES string of the molecule is CCCN(Cc1ccccc1)C(=O)CC(N)C(C)(C)C. The molecule has 1 amide bonds. The Morgan fingerprint density at radius 2 is 1.85 bits per heavy atom. The third kappa shape index (κ3) is 5.33. The van der Waals surface area contributed by atoms with Crippen molar-refractivity contribution in [1.29, 1.82) is 0 Å². The number of rotatable bonds is 6. The van der Waals surface area contributed by atoms with E-state index in [0.717, 1.165) is 13.0 Å². The van der Waals surface area contributed by atoms with Crippen LogP contribution in [0.3, 0.4) is 0 Å². The van der Waals surface area contributed by atoms with Crippen LogP contribution in [0.15, 0.2) is 30.3 Å². The minimum Gasteiger partial charge on any atom is -0.338 e. The van der Waals surface area contributed by atoms with Crippen LogP contribution < -0.4 is 5.73 Å². The maximum atomic E-state index is 12.4. The Labute approximate surface area is 123 Å². The summed E-state index contributed by atoms with van der Waals surface area (Å²) in [5.41, 5.74) is 7.26. The highest BCUT2D eigenvalue weighted by Crippen LogP contribution is 2.21. The van der Waals surface area contributed by atoms with Gasteiger partial charge < -0.3 is 10.6 Å². The lowest BCUT2D eigenvalue weighted by Crippen LogP contribution is -2.41. The summed E-state index contributed by atoms with van der Waals surface area (Å²) in [7, 11) is 0. The molecule has 0 aliphatic carbocycles. The highest BCUT2D eigenvalue weighted by Gasteiger charge is 2.25. The van der Waals surface area contributed by atoms with Gasteiger partial charge in [-0.05, 0) is 17.4 Å². The van der Waals surface area contributed by atoms with Crippen molar-refractivity contribution in [3.63, 3.8) is 0 Å². The first-order valence-electron chi connectivity index (χ1n) is 7.42. The maximum Gasteiger partial charge on any atom is 0.224 e. The number of amides is 1. The van der Waals surface area contributed by atoms with Crippen LogP contribution in [0.4, 0.5) is 0 Å². The van der Waals surface area contributed by atoms with Crippen molar-refractivity contribution in [2.75, 3.05) is 6.54 Å². The second kappa shape index (κ2) is 7.44. The Morgan fingerprint density at radius 1 is 1.25 bits per heavy atom. The van der Waals surface area contributed by atoms with Gasteiger partial charge in [0.1, 0.15) is 0 Å². The molecule has 0 heterocycles. The van der Waals surface area contributed by atoms with E-state index in [1.54, 1.807) is 0 Å². The normalized spacial score (nSPS) is 13.1. The molecule has 1 rings (SSSR count). The van der Waals surface area contributed by atoms with Crippen LogP contribution >= 0.6 is 0 Å². The van der Waals surface area contributed by atoms with E-state index in [0.29, 0.717) is 13.0 Å². The zero-order valence-corrected chi connectivity index (χ0v) is 13.2. The molecule has 1 aromatic carbocycles. The predicted molar refractivity (Wildman–Crippen MR) is 84.2 cm³/mol. The molecule has 0 bridgehead atoms. The molecule has 2 N–H and O–H groups in total. The van der Waals surface area contributed by atoms with E-state index in [-0.39, 0.29) is 17.4 Å². The van der Waals surface area contributed by atoms with E-state index in [2.05, 4.69) is 39.8 Å². The molecule has 0 spiro atoms. The number of benzene rings is 1. The summed E-state index contributed by atoms with van der Waals surface area (Å²) in [5.74, 6) is 0.151. The van der Waals surface area contributed by atoms with Gasteiger partial charge in [0.2, 0.25) is 5.91 Å². The third-order valence-corrected chi connectivity index (χ3v) is 3.57. The van der Waals surface area contributed by atoms with E-state index in [9.17, 15) is 4.79 Å². The van der Waals surface area contributed by atoms with E-state index in [1.165, 1.54) is 5.56 Å². The van der Waals surface area contributed by atoms with Crippen LogP contribution in [0.25, 0.3) is 0 Å². The summed E-state index contributed by atoms with van der Waals surface area (Å²) in [6.45, 7) is 9.77. The van der Waals surface area contributed by atoms with Crippen molar-refractivity contribution in [3.05, 3.63) is 35.9 Å². The van der Waals surface area contributed by atoms with Crippen LogP contribution in [0.5, 0.6) is 0 Å². The van der Waals surface area contributed by atoms with Crippen LogP contribution in [0.2, 0.25) is 0 Å². The zero-order chi connectivity index (χ0) is 15.2. The molecule has 1 unspecified atom stereocenters. The van der Waals surface area contributed by atoms with Crippen LogP contribution in [0, 0.1) is 5.41 Å². The first-order chi connectivity index (χ1) is 9.34. The van der Waals surface area contributed by atoms with E-state index >= 15 is 0 Å². The summed E-state index contributed by atoms with van der Waals surface area (Å²) in [6.07, 6.45) is 1.37. The van der Waals surface area contributed by atoms with Gasteiger partial charge in [0, 0.05) is 25.6 Å². The Kier molecular flexibility index (Phi) is 6.21. The van der Waals surface area contributed by atoms with Crippen molar-refractivity contribution in [1.82, 2.24) is 4.90 Å². The van der Waals surface area contributed by atoms with Gasteiger partial charge in [0.15, 0.2) is 0 Å². The summed E-state index contributed by atoms with van der Waals surface area (Å²) in [4.78, 5) is 14.4. The largest absolute Gasteiger partial charge is 0.338 e. The molecular weight excluding hydrogens is 248 g/mol. The van der Waals surface area contributed by atoms with Gasteiger partial charge >= 0.3 is 0 Å². The van der Waals surface area contributed by atoms with Gasteiger partial charge in [-0.25, -0.2) is 0 Å². The molecule has 3 heteroatoms. The summed E-state index contributed by atoms with van der Waals surface area (Å²) in [5, 5.41) is 0. The standard InChI is InChI=1S/C17H28N2O/c1-5-11-19(13-14-9-7-6-8-10-14)16(20)12-15(18)17(2,3)4/h6-10,15H,5,11-13,18H2,1-4H3. The first-order valence-corrected chi connectivity index (χ1v) is 7.42. The molecule has 0 saturated heterocycles. The molecule has 0 aromatic heterocycles. The number of nitrogens with zero attached hydrogens (tertiary/aromatic N) is 1. The molecule has 0 aliphatic rings. The minimum atomic E-state index is -0.106.